The van der Waals surface area contributed by atoms with Gasteiger partial charge in [-0.05, 0) is 88.2 Å². The first-order chi connectivity index (χ1) is 16.6. The Morgan fingerprint density at radius 3 is 2.23 bits per heavy atom. The fourth-order valence-corrected chi connectivity index (χ4v) is 4.81. The molecule has 0 aromatic carbocycles. The van der Waals surface area contributed by atoms with Gasteiger partial charge in [-0.1, -0.05) is 87.4 Å². The van der Waals surface area contributed by atoms with Crippen molar-refractivity contribution in [2.75, 3.05) is 13.2 Å². The Bertz CT molecular complexity index is 820. The molecule has 196 valence electrons. The fraction of sp³-hybridized carbons (Fsp3) is 0.545. The largest absolute Gasteiger partial charge is 0.285 e. The zero-order chi connectivity index (χ0) is 26.9. The molecule has 0 aliphatic heterocycles. The van der Waals surface area contributed by atoms with E-state index < -0.39 is 0 Å². The summed E-state index contributed by atoms with van der Waals surface area (Å²) in [5.41, 5.74) is 7.05. The highest BCUT2D eigenvalue weighted by Gasteiger charge is 2.31. The summed E-state index contributed by atoms with van der Waals surface area (Å²) >= 11 is 0. The molecule has 2 unspecified atom stereocenters. The van der Waals surface area contributed by atoms with Crippen molar-refractivity contribution >= 4 is 5.71 Å². The minimum atomic E-state index is -0.251. The van der Waals surface area contributed by atoms with Gasteiger partial charge >= 0.3 is 0 Å². The Morgan fingerprint density at radius 2 is 1.71 bits per heavy atom. The van der Waals surface area contributed by atoms with Gasteiger partial charge in [-0.25, -0.2) is 0 Å². The van der Waals surface area contributed by atoms with E-state index in [1.54, 1.807) is 0 Å². The maximum absolute atomic E-state index is 12.6. The van der Waals surface area contributed by atoms with Gasteiger partial charge in [0.25, 0.3) is 0 Å². The lowest BCUT2D eigenvalue weighted by molar-refractivity contribution is 0.292. The Labute approximate surface area is 217 Å². The third-order valence-electron chi connectivity index (χ3n) is 6.71. The van der Waals surface area contributed by atoms with Crippen LogP contribution in [0.3, 0.4) is 0 Å². The number of halogens is 1. The normalized spacial score (nSPS) is 16.0. The molecule has 0 fully saturated rings. The SMILES string of the molecule is C=CC\C=C(C(=C)C)/C(=C\C(C)CC(=C)C(CC)(CCC)C/C(C)=C\CCCF)C(/C)=N\CC=C. The average molecular weight is 482 g/mol. The molecule has 2 atom stereocenters. The molecule has 0 N–H and O–H groups in total. The number of allylic oxidation sites excluding steroid dienone is 9. The molecule has 0 amide bonds. The number of hydrogen-bond acceptors (Lipinski definition) is 1. The van der Waals surface area contributed by atoms with Gasteiger partial charge in [0.05, 0.1) is 13.2 Å². The summed E-state index contributed by atoms with van der Waals surface area (Å²) in [4.78, 5) is 4.72. The zero-order valence-electron chi connectivity index (χ0n) is 23.7. The van der Waals surface area contributed by atoms with Crippen LogP contribution in [-0.2, 0) is 0 Å². The smallest absolute Gasteiger partial charge is 0.0897 e. The summed E-state index contributed by atoms with van der Waals surface area (Å²) in [6.45, 7) is 30.0. The molecule has 0 bridgehead atoms. The Morgan fingerprint density at radius 1 is 1.03 bits per heavy atom. The minimum absolute atomic E-state index is 0.0785. The predicted octanol–water partition coefficient (Wildman–Crippen LogP) is 10.5. The first-order valence-corrected chi connectivity index (χ1v) is 13.3. The van der Waals surface area contributed by atoms with Crippen molar-refractivity contribution in [3.63, 3.8) is 0 Å². The van der Waals surface area contributed by atoms with Gasteiger partial charge in [0, 0.05) is 5.71 Å². The van der Waals surface area contributed by atoms with Crippen LogP contribution in [0.5, 0.6) is 0 Å². The minimum Gasteiger partial charge on any atom is -0.285 e. The van der Waals surface area contributed by atoms with Crippen LogP contribution in [0.1, 0.15) is 92.9 Å². The van der Waals surface area contributed by atoms with Crippen molar-refractivity contribution in [3.05, 3.63) is 84.6 Å². The highest BCUT2D eigenvalue weighted by Crippen LogP contribution is 2.44. The summed E-state index contributed by atoms with van der Waals surface area (Å²) in [7, 11) is 0. The van der Waals surface area contributed by atoms with Crippen LogP contribution in [0.15, 0.2) is 89.6 Å². The number of alkyl halides is 1. The van der Waals surface area contributed by atoms with Gasteiger partial charge in [0.2, 0.25) is 0 Å². The van der Waals surface area contributed by atoms with E-state index in [-0.39, 0.29) is 12.1 Å². The molecule has 0 aromatic rings. The zero-order valence-corrected chi connectivity index (χ0v) is 23.7. The highest BCUT2D eigenvalue weighted by molar-refractivity contribution is 6.03. The molecule has 0 aromatic heterocycles. The quantitative estimate of drug-likeness (QED) is 0.0753. The summed E-state index contributed by atoms with van der Waals surface area (Å²) in [5, 5.41) is 0. The Hall–Kier alpha value is -2.22. The molecule has 0 rings (SSSR count). The average Bonchev–Trinajstić information content (AvgIpc) is 2.81. The maximum Gasteiger partial charge on any atom is 0.0897 e. The van der Waals surface area contributed by atoms with Gasteiger partial charge in [-0.15, -0.1) is 13.2 Å². The second-order valence-corrected chi connectivity index (χ2v) is 9.94. The van der Waals surface area contributed by atoms with Gasteiger partial charge in [-0.3, -0.25) is 9.38 Å². The topological polar surface area (TPSA) is 12.4 Å². The molecule has 0 spiro atoms. The van der Waals surface area contributed by atoms with Crippen molar-refractivity contribution in [2.45, 2.75) is 92.9 Å². The van der Waals surface area contributed by atoms with E-state index in [9.17, 15) is 4.39 Å². The Balaban J connectivity index is 6.13. The van der Waals surface area contributed by atoms with Crippen molar-refractivity contribution in [1.82, 2.24) is 0 Å². The highest BCUT2D eigenvalue weighted by atomic mass is 19.1. The fourth-order valence-electron chi connectivity index (χ4n) is 4.81. The van der Waals surface area contributed by atoms with Gasteiger partial charge in [0.1, 0.15) is 0 Å². The summed E-state index contributed by atoms with van der Waals surface area (Å²) < 4.78 is 12.6. The first kappa shape index (κ1) is 32.8. The summed E-state index contributed by atoms with van der Waals surface area (Å²) in [6, 6.07) is 0. The second kappa shape index (κ2) is 18.1. The van der Waals surface area contributed by atoms with E-state index in [0.29, 0.717) is 18.9 Å². The molecule has 0 saturated carbocycles. The molecular formula is C33H52FN. The van der Waals surface area contributed by atoms with Gasteiger partial charge in [-0.2, -0.15) is 0 Å². The standard InChI is InChI=1S/C33H52FN/c1-11-15-19-31(26(5)6)32(30(10)35-22-13-3)24-28(8)23-29(9)33(14-4,20-12-2)25-27(7)18-16-17-21-34/h11,13,18-19,24,28H,1,3,5,9,12,14-17,20-23,25H2,2,4,6-8,10H3/b27-18-,31-19-,32-24-,35-30-. The van der Waals surface area contributed by atoms with Crippen molar-refractivity contribution in [3.8, 4) is 0 Å². The Kier molecular flexibility index (Phi) is 17.0. The van der Waals surface area contributed by atoms with E-state index in [2.05, 4.69) is 86.1 Å². The van der Waals surface area contributed by atoms with Crippen LogP contribution >= 0.6 is 0 Å². The predicted molar refractivity (Wildman–Crippen MR) is 158 cm³/mol. The van der Waals surface area contributed by atoms with E-state index in [0.717, 1.165) is 67.4 Å². The number of aliphatic imine (C=N–C) groups is 1. The monoisotopic (exact) mass is 481 g/mol. The molecule has 0 aliphatic carbocycles. The lowest BCUT2D eigenvalue weighted by Crippen LogP contribution is -2.24. The van der Waals surface area contributed by atoms with E-state index >= 15 is 0 Å². The number of rotatable bonds is 19. The van der Waals surface area contributed by atoms with E-state index in [1.165, 1.54) is 11.1 Å². The molecule has 0 saturated heterocycles. The first-order valence-electron chi connectivity index (χ1n) is 13.3. The third kappa shape index (κ3) is 11.8. The van der Waals surface area contributed by atoms with Gasteiger partial charge < -0.3 is 0 Å². The second-order valence-electron chi connectivity index (χ2n) is 9.94. The van der Waals surface area contributed by atoms with Crippen molar-refractivity contribution in [1.29, 1.82) is 0 Å². The van der Waals surface area contributed by atoms with Gasteiger partial charge in [0.15, 0.2) is 0 Å². The molecule has 1 nitrogen and oxygen atoms in total. The van der Waals surface area contributed by atoms with Crippen LogP contribution < -0.4 is 0 Å². The van der Waals surface area contributed by atoms with Crippen LogP contribution in [-0.4, -0.2) is 18.9 Å². The molecular weight excluding hydrogens is 429 g/mol. The molecule has 2 heteroatoms. The summed E-state index contributed by atoms with van der Waals surface area (Å²) in [6.07, 6.45) is 17.9. The van der Waals surface area contributed by atoms with E-state index in [4.69, 9.17) is 4.99 Å². The van der Waals surface area contributed by atoms with Crippen LogP contribution in [0, 0.1) is 11.3 Å². The van der Waals surface area contributed by atoms with Crippen LogP contribution in [0.2, 0.25) is 0 Å². The molecule has 0 aliphatic rings. The van der Waals surface area contributed by atoms with Crippen LogP contribution in [0.25, 0.3) is 0 Å². The molecule has 0 heterocycles. The summed E-state index contributed by atoms with van der Waals surface area (Å²) in [5.74, 6) is 0.302. The van der Waals surface area contributed by atoms with Crippen molar-refractivity contribution < 1.29 is 4.39 Å². The van der Waals surface area contributed by atoms with Crippen molar-refractivity contribution in [2.24, 2.45) is 16.3 Å². The molecule has 35 heavy (non-hydrogen) atoms. The number of nitrogens with zero attached hydrogens (tertiary/aromatic N) is 1. The lowest BCUT2D eigenvalue weighted by Gasteiger charge is -2.37. The maximum atomic E-state index is 12.6. The van der Waals surface area contributed by atoms with Crippen LogP contribution in [0.4, 0.5) is 4.39 Å². The number of hydrogen-bond donors (Lipinski definition) is 0. The third-order valence-corrected chi connectivity index (χ3v) is 6.71. The lowest BCUT2D eigenvalue weighted by atomic mass is 9.68. The van der Waals surface area contributed by atoms with E-state index in [1.807, 2.05) is 12.2 Å². The molecule has 0 radical (unpaired) electrons. The number of unbranched alkanes of at least 4 members (excludes halogenated alkanes) is 1.